The zero-order valence-corrected chi connectivity index (χ0v) is 31.2. The van der Waals surface area contributed by atoms with Crippen molar-refractivity contribution in [2.75, 3.05) is 32.1 Å². The topological polar surface area (TPSA) is 121 Å². The van der Waals surface area contributed by atoms with Gasteiger partial charge in [-0.15, -0.1) is 0 Å². The first-order chi connectivity index (χ1) is 25.9. The van der Waals surface area contributed by atoms with Crippen LogP contribution in [0.1, 0.15) is 48.2 Å². The molecule has 280 valence electrons. The van der Waals surface area contributed by atoms with Crippen molar-refractivity contribution in [1.29, 1.82) is 0 Å². The van der Waals surface area contributed by atoms with Crippen LogP contribution in [-0.2, 0) is 30.0 Å². The molecule has 1 saturated heterocycles. The highest BCUT2D eigenvalue weighted by molar-refractivity contribution is 6.36. The fraction of sp³-hybridized carbons (Fsp3) is 0.375. The molecule has 3 unspecified atom stereocenters. The molecule has 1 saturated carbocycles. The van der Waals surface area contributed by atoms with Crippen LogP contribution in [0.15, 0.2) is 58.1 Å². The molecule has 0 bridgehead atoms. The molecule has 1 aliphatic heterocycles. The van der Waals surface area contributed by atoms with Gasteiger partial charge in [0.25, 0.3) is 12.0 Å². The first-order valence-corrected chi connectivity index (χ1v) is 18.3. The fourth-order valence-corrected chi connectivity index (χ4v) is 8.91. The van der Waals surface area contributed by atoms with Crippen LogP contribution in [0.5, 0.6) is 5.88 Å². The lowest BCUT2D eigenvalue weighted by atomic mass is 9.96. The lowest BCUT2D eigenvalue weighted by Crippen LogP contribution is -2.37. The van der Waals surface area contributed by atoms with Crippen LogP contribution >= 0.6 is 11.6 Å². The van der Waals surface area contributed by atoms with Gasteiger partial charge in [0.15, 0.2) is 0 Å². The number of rotatable bonds is 9. The molecule has 0 amide bonds. The Balaban J connectivity index is 1.12. The summed E-state index contributed by atoms with van der Waals surface area (Å²) in [4.78, 5) is 49.8. The SMILES string of the molecule is CCOC(=O)C1C2CN(C3CCc4cc(-c5cccc(-c6cccc(Nc7nc(C(F)F)cc8c7c(=O)n(C)c(=O)n8C)c6C)c5Cl)nc(OC)c43)CC21. The van der Waals surface area contributed by atoms with Crippen LogP contribution in [0.25, 0.3) is 33.3 Å². The van der Waals surface area contributed by atoms with Crippen molar-refractivity contribution in [3.8, 4) is 28.3 Å². The van der Waals surface area contributed by atoms with Gasteiger partial charge >= 0.3 is 11.7 Å². The molecular formula is C40H39ClF2N6O5. The maximum atomic E-state index is 14.0. The Bertz CT molecular complexity index is 2470. The van der Waals surface area contributed by atoms with E-state index in [1.165, 1.54) is 14.1 Å². The summed E-state index contributed by atoms with van der Waals surface area (Å²) < 4.78 is 41.3. The highest BCUT2D eigenvalue weighted by Crippen LogP contribution is 2.56. The second kappa shape index (κ2) is 13.6. The summed E-state index contributed by atoms with van der Waals surface area (Å²) in [5.41, 5.74) is 4.56. The third-order valence-corrected chi connectivity index (χ3v) is 11.8. The van der Waals surface area contributed by atoms with E-state index in [-0.39, 0.29) is 34.6 Å². The Morgan fingerprint density at radius 1 is 1.02 bits per heavy atom. The third kappa shape index (κ3) is 5.76. The number of piperidine rings is 1. The summed E-state index contributed by atoms with van der Waals surface area (Å²) in [6.07, 6.45) is -1.15. The summed E-state index contributed by atoms with van der Waals surface area (Å²) in [6.45, 7) is 5.81. The van der Waals surface area contributed by atoms with Crippen molar-refractivity contribution in [1.82, 2.24) is 24.0 Å². The van der Waals surface area contributed by atoms with Gasteiger partial charge in [-0.1, -0.05) is 41.9 Å². The fourth-order valence-electron chi connectivity index (χ4n) is 8.58. The van der Waals surface area contributed by atoms with E-state index in [9.17, 15) is 23.2 Å². The van der Waals surface area contributed by atoms with Crippen LogP contribution in [-0.4, -0.2) is 56.8 Å². The van der Waals surface area contributed by atoms with E-state index in [4.69, 9.17) is 26.1 Å². The van der Waals surface area contributed by atoms with E-state index in [1.807, 2.05) is 38.1 Å². The number of esters is 1. The minimum Gasteiger partial charge on any atom is -0.481 e. The van der Waals surface area contributed by atoms with E-state index in [0.29, 0.717) is 40.7 Å². The van der Waals surface area contributed by atoms with Crippen molar-refractivity contribution in [2.45, 2.75) is 39.2 Å². The van der Waals surface area contributed by atoms with Gasteiger partial charge in [-0.3, -0.25) is 23.6 Å². The second-order valence-electron chi connectivity index (χ2n) is 14.3. The Hall–Kier alpha value is -5.14. The molecule has 1 N–H and O–H groups in total. The standard InChI is InChI=1S/C40H39ClF2N6O5/c1-6-54-39(51)32-24-17-49(18-25(24)32)29-14-13-20-15-27(46-37(53-5)31(20)29)23-11-7-10-22(34(23)41)21-9-8-12-26(19(21)2)44-36-33-30(16-28(45-36)35(42)43)47(3)40(52)48(4)38(33)50/h7-12,15-16,24-25,29,32,35H,6,13-14,17-18H2,1-5H3,(H,44,45). The predicted molar refractivity (Wildman–Crippen MR) is 202 cm³/mol. The third-order valence-electron chi connectivity index (χ3n) is 11.4. The maximum Gasteiger partial charge on any atom is 0.330 e. The number of alkyl halides is 2. The number of nitrogens with zero attached hydrogens (tertiary/aromatic N) is 5. The number of ether oxygens (including phenoxy) is 2. The number of fused-ring (bicyclic) bond motifs is 3. The van der Waals surface area contributed by atoms with E-state index < -0.39 is 23.4 Å². The maximum absolute atomic E-state index is 14.0. The molecule has 5 aromatic rings. The highest BCUT2D eigenvalue weighted by Gasteiger charge is 2.61. The molecule has 0 spiro atoms. The number of anilines is 2. The lowest BCUT2D eigenvalue weighted by Gasteiger charge is -2.28. The molecule has 3 aromatic heterocycles. The smallest absolute Gasteiger partial charge is 0.330 e. The average molecular weight is 757 g/mol. The van der Waals surface area contributed by atoms with Gasteiger partial charge in [0, 0.05) is 55.6 Å². The molecule has 3 aliphatic rings. The quantitative estimate of drug-likeness (QED) is 0.163. The number of benzene rings is 2. The van der Waals surface area contributed by atoms with Crippen molar-refractivity contribution in [2.24, 2.45) is 31.8 Å². The number of likely N-dealkylation sites (tertiary alicyclic amines) is 1. The first kappa shape index (κ1) is 35.9. The minimum absolute atomic E-state index is 0.00936. The lowest BCUT2D eigenvalue weighted by molar-refractivity contribution is -0.145. The summed E-state index contributed by atoms with van der Waals surface area (Å²) in [5.74, 6) is 1.09. The van der Waals surface area contributed by atoms with Gasteiger partial charge in [0.2, 0.25) is 5.88 Å². The predicted octanol–water partition coefficient (Wildman–Crippen LogP) is 6.74. The zero-order valence-electron chi connectivity index (χ0n) is 30.5. The number of carbonyl (C=O) groups is 1. The Morgan fingerprint density at radius 3 is 2.43 bits per heavy atom. The normalized spacial score (nSPS) is 20.3. The number of nitrogens with one attached hydrogen (secondary N) is 1. The molecule has 2 aromatic carbocycles. The number of aromatic nitrogens is 4. The molecule has 11 nitrogen and oxygen atoms in total. The molecular weight excluding hydrogens is 718 g/mol. The summed E-state index contributed by atoms with van der Waals surface area (Å²) in [7, 11) is 4.38. The Labute approximate surface area is 314 Å². The van der Waals surface area contributed by atoms with E-state index in [1.54, 1.807) is 19.2 Å². The summed E-state index contributed by atoms with van der Waals surface area (Å²) >= 11 is 7.21. The van der Waals surface area contributed by atoms with Crippen LogP contribution < -0.4 is 21.3 Å². The molecule has 54 heavy (non-hydrogen) atoms. The average Bonchev–Trinajstić information content (AvgIpc) is 3.42. The number of halogens is 3. The van der Waals surface area contributed by atoms with Gasteiger partial charge in [-0.25, -0.2) is 23.5 Å². The molecule has 0 radical (unpaired) electrons. The van der Waals surface area contributed by atoms with E-state index in [0.717, 1.165) is 74.5 Å². The van der Waals surface area contributed by atoms with E-state index in [2.05, 4.69) is 21.3 Å². The van der Waals surface area contributed by atoms with Crippen molar-refractivity contribution >= 4 is 40.0 Å². The van der Waals surface area contributed by atoms with Crippen molar-refractivity contribution < 1.29 is 23.0 Å². The monoisotopic (exact) mass is 756 g/mol. The molecule has 4 heterocycles. The number of hydrogen-bond acceptors (Lipinski definition) is 9. The number of hydrogen-bond donors (Lipinski definition) is 1. The number of pyridine rings is 2. The molecule has 3 atom stereocenters. The summed E-state index contributed by atoms with van der Waals surface area (Å²) in [6, 6.07) is 14.5. The molecule has 2 fully saturated rings. The highest BCUT2D eigenvalue weighted by atomic mass is 35.5. The van der Waals surface area contributed by atoms with Gasteiger partial charge in [0.05, 0.1) is 35.9 Å². The van der Waals surface area contributed by atoms with Gasteiger partial charge in [-0.2, -0.15) is 0 Å². The van der Waals surface area contributed by atoms with E-state index >= 15 is 0 Å². The molecule has 14 heteroatoms. The molecule has 8 rings (SSSR count). The number of methoxy groups -OCH3 is 1. The zero-order chi connectivity index (χ0) is 38.2. The minimum atomic E-state index is -2.93. The number of carbonyl (C=O) groups excluding carboxylic acids is 1. The van der Waals surface area contributed by atoms with Crippen LogP contribution in [0, 0.1) is 24.7 Å². The van der Waals surface area contributed by atoms with Gasteiger partial charge in [0.1, 0.15) is 16.9 Å². The first-order valence-electron chi connectivity index (χ1n) is 18.0. The molecule has 2 aliphatic carbocycles. The van der Waals surface area contributed by atoms with Crippen molar-refractivity contribution in [3.05, 3.63) is 96.8 Å². The number of aryl methyl sites for hydroxylation is 2. The largest absolute Gasteiger partial charge is 0.481 e. The van der Waals surface area contributed by atoms with Crippen LogP contribution in [0.2, 0.25) is 5.02 Å². The second-order valence-corrected chi connectivity index (χ2v) is 14.6. The van der Waals surface area contributed by atoms with Crippen molar-refractivity contribution in [3.63, 3.8) is 0 Å². The van der Waals surface area contributed by atoms with Crippen LogP contribution in [0.4, 0.5) is 20.3 Å². The Morgan fingerprint density at radius 2 is 1.72 bits per heavy atom. The van der Waals surface area contributed by atoms with Gasteiger partial charge < -0.3 is 14.8 Å². The van der Waals surface area contributed by atoms with Gasteiger partial charge in [-0.05, 0) is 73.4 Å². The van der Waals surface area contributed by atoms with Crippen LogP contribution in [0.3, 0.4) is 0 Å². The summed E-state index contributed by atoms with van der Waals surface area (Å²) in [5, 5.41) is 3.60. The Kier molecular flexibility index (Phi) is 9.04.